The van der Waals surface area contributed by atoms with Crippen LogP contribution in [0.4, 0.5) is 4.79 Å². The van der Waals surface area contributed by atoms with Crippen molar-refractivity contribution in [1.82, 2.24) is 10.2 Å². The summed E-state index contributed by atoms with van der Waals surface area (Å²) in [4.78, 5) is 26.3. The number of hydrogen-bond acceptors (Lipinski definition) is 6. The Morgan fingerprint density at radius 2 is 1.37 bits per heavy atom. The van der Waals surface area contributed by atoms with Crippen LogP contribution in [0.3, 0.4) is 0 Å². The zero-order chi connectivity index (χ0) is 30.8. The number of aliphatic hydroxyl groups excluding tert-OH is 1. The zero-order valence-corrected chi connectivity index (χ0v) is 26.5. The minimum absolute atomic E-state index is 0.0160. The Bertz CT molecular complexity index is 1300. The molecule has 0 bridgehead atoms. The van der Waals surface area contributed by atoms with Gasteiger partial charge >= 0.3 is 6.03 Å². The number of nitrogens with one attached hydrogen (secondary N) is 1. The number of urea groups is 1. The largest absolute Gasteiger partial charge is 0.407 e. The minimum Gasteiger partial charge on any atom is -0.407 e. The van der Waals surface area contributed by atoms with E-state index in [1.54, 1.807) is 0 Å². The summed E-state index contributed by atoms with van der Waals surface area (Å²) < 4.78 is 20.2. The maximum atomic E-state index is 12.9. The summed E-state index contributed by atoms with van der Waals surface area (Å²) in [5.41, 5.74) is 1.79. The van der Waals surface area contributed by atoms with Crippen molar-refractivity contribution in [2.24, 2.45) is 0 Å². The molecule has 43 heavy (non-hydrogen) atoms. The lowest BCUT2D eigenvalue weighted by Crippen LogP contribution is -2.59. The molecule has 2 fully saturated rings. The van der Waals surface area contributed by atoms with Crippen LogP contribution in [-0.4, -0.2) is 68.0 Å². The highest BCUT2D eigenvalue weighted by Gasteiger charge is 2.53. The summed E-state index contributed by atoms with van der Waals surface area (Å²) in [5, 5.41) is 14.0. The molecule has 2 heterocycles. The van der Waals surface area contributed by atoms with Crippen LogP contribution in [0.25, 0.3) is 0 Å². The number of carbonyl (C=O) groups is 2. The number of ether oxygens (including phenoxy) is 2. The molecule has 9 heteroatoms. The lowest BCUT2D eigenvalue weighted by molar-refractivity contribution is -0.127. The average molecular weight is 603 g/mol. The van der Waals surface area contributed by atoms with Crippen molar-refractivity contribution in [3.05, 3.63) is 108 Å². The van der Waals surface area contributed by atoms with Gasteiger partial charge in [-0.25, -0.2) is 4.79 Å². The molecule has 0 aliphatic carbocycles. The summed E-state index contributed by atoms with van der Waals surface area (Å²) in [6, 6.07) is 29.5. The van der Waals surface area contributed by atoms with Crippen molar-refractivity contribution < 1.29 is 28.6 Å². The smallest absolute Gasteiger partial charge is 0.326 e. The Balaban J connectivity index is 1.52. The van der Waals surface area contributed by atoms with Gasteiger partial charge in [-0.05, 0) is 34.8 Å². The molecule has 8 nitrogen and oxygen atoms in total. The molecule has 5 rings (SSSR count). The number of aliphatic hydroxyl groups is 1. The highest BCUT2D eigenvalue weighted by atomic mass is 28.4. The van der Waals surface area contributed by atoms with E-state index in [4.69, 9.17) is 13.9 Å². The summed E-state index contributed by atoms with van der Waals surface area (Å²) in [5.74, 6) is -0.333. The van der Waals surface area contributed by atoms with Gasteiger partial charge in [0, 0.05) is 13.0 Å². The van der Waals surface area contributed by atoms with Gasteiger partial charge in [-0.15, -0.1) is 0 Å². The van der Waals surface area contributed by atoms with Gasteiger partial charge in [0.05, 0.1) is 6.61 Å². The topological polar surface area (TPSA) is 97.3 Å². The highest BCUT2D eigenvalue weighted by molar-refractivity contribution is 6.74. The van der Waals surface area contributed by atoms with E-state index in [9.17, 15) is 14.7 Å². The molecule has 3 aromatic carbocycles. The first-order valence-corrected chi connectivity index (χ1v) is 17.8. The van der Waals surface area contributed by atoms with Gasteiger partial charge in [-0.3, -0.25) is 15.0 Å². The third-order valence-electron chi connectivity index (χ3n) is 8.95. The van der Waals surface area contributed by atoms with Gasteiger partial charge in [0.2, 0.25) is 5.91 Å². The second kappa shape index (κ2) is 12.3. The van der Waals surface area contributed by atoms with E-state index in [0.29, 0.717) is 0 Å². The Hall–Kier alpha value is -3.34. The molecule has 0 spiro atoms. The fraction of sp³-hybridized carbons (Fsp3) is 0.412. The normalized spacial score (nSPS) is 23.3. The molecular weight excluding hydrogens is 560 g/mol. The Kier molecular flexibility index (Phi) is 8.92. The molecule has 3 aromatic rings. The van der Waals surface area contributed by atoms with E-state index in [1.807, 2.05) is 91.0 Å². The molecule has 2 saturated heterocycles. The number of benzene rings is 3. The lowest BCUT2D eigenvalue weighted by Gasteiger charge is -2.42. The first-order valence-electron chi connectivity index (χ1n) is 14.9. The van der Waals surface area contributed by atoms with Crippen molar-refractivity contribution in [2.45, 2.75) is 75.5 Å². The molecule has 2 aliphatic rings. The fourth-order valence-electron chi connectivity index (χ4n) is 5.55. The molecule has 0 saturated carbocycles. The van der Waals surface area contributed by atoms with Crippen LogP contribution in [0, 0.1) is 0 Å². The summed E-state index contributed by atoms with van der Waals surface area (Å²) in [6.07, 6.45) is -3.43. The van der Waals surface area contributed by atoms with E-state index < -0.39 is 44.5 Å². The molecule has 2 N–H and O–H groups in total. The maximum Gasteiger partial charge on any atom is 0.326 e. The lowest BCUT2D eigenvalue weighted by atomic mass is 9.80. The fourth-order valence-corrected chi connectivity index (χ4v) is 6.84. The van der Waals surface area contributed by atoms with E-state index in [0.717, 1.165) is 16.7 Å². The number of amides is 3. The first-order chi connectivity index (χ1) is 20.4. The minimum atomic E-state index is -2.41. The van der Waals surface area contributed by atoms with Crippen LogP contribution in [0.15, 0.2) is 91.0 Å². The molecule has 228 valence electrons. The third kappa shape index (κ3) is 6.18. The van der Waals surface area contributed by atoms with E-state index in [-0.39, 0.29) is 30.5 Å². The third-order valence-corrected chi connectivity index (χ3v) is 13.4. The Morgan fingerprint density at radius 3 is 1.81 bits per heavy atom. The number of hydrogen-bond donors (Lipinski definition) is 2. The van der Waals surface area contributed by atoms with Gasteiger partial charge in [-0.2, -0.15) is 0 Å². The summed E-state index contributed by atoms with van der Waals surface area (Å²) >= 11 is 0. The molecule has 0 aromatic heterocycles. The van der Waals surface area contributed by atoms with Crippen LogP contribution in [0.2, 0.25) is 18.1 Å². The van der Waals surface area contributed by atoms with Gasteiger partial charge in [0.1, 0.15) is 23.9 Å². The van der Waals surface area contributed by atoms with Crippen molar-refractivity contribution in [1.29, 1.82) is 0 Å². The van der Waals surface area contributed by atoms with Crippen LogP contribution in [0.5, 0.6) is 0 Å². The standard InChI is InChI=1S/C34H42N2O6Si/c1-33(2,3)43(4,5)42-30-29(38)27(41-31(30)36-22-21-28(37)35-32(36)39)23-40-34(24-15-9-6-10-16-24,25-17-11-7-12-18-25)26-19-13-8-14-20-26/h6-20,27,29-31,38H,21-23H2,1-5H3,(H,35,37,39). The van der Waals surface area contributed by atoms with Crippen molar-refractivity contribution in [3.8, 4) is 0 Å². The van der Waals surface area contributed by atoms with Crippen molar-refractivity contribution in [3.63, 3.8) is 0 Å². The van der Waals surface area contributed by atoms with Crippen LogP contribution in [0.1, 0.15) is 43.9 Å². The Labute approximate surface area is 255 Å². The summed E-state index contributed by atoms with van der Waals surface area (Å²) in [7, 11) is -2.41. The van der Waals surface area contributed by atoms with E-state index in [2.05, 4.69) is 39.2 Å². The second-order valence-electron chi connectivity index (χ2n) is 12.8. The molecule has 4 atom stereocenters. The predicted octanol–water partition coefficient (Wildman–Crippen LogP) is 5.41. The van der Waals surface area contributed by atoms with Gasteiger partial charge in [-0.1, -0.05) is 112 Å². The van der Waals surface area contributed by atoms with Crippen LogP contribution in [-0.2, 0) is 24.3 Å². The van der Waals surface area contributed by atoms with E-state index >= 15 is 0 Å². The molecular formula is C34H42N2O6Si. The SMILES string of the molecule is CC(C)(C)[Si](C)(C)OC1C(O)C(COC(c2ccccc2)(c2ccccc2)c2ccccc2)OC1N1CCC(=O)NC1=O. The van der Waals surface area contributed by atoms with Gasteiger partial charge in [0.15, 0.2) is 14.5 Å². The van der Waals surface area contributed by atoms with E-state index in [1.165, 1.54) is 4.90 Å². The molecule has 0 radical (unpaired) electrons. The number of imide groups is 1. The van der Waals surface area contributed by atoms with Crippen molar-refractivity contribution >= 4 is 20.3 Å². The first kappa shape index (κ1) is 31.1. The van der Waals surface area contributed by atoms with Crippen LogP contribution < -0.4 is 5.32 Å². The predicted molar refractivity (Wildman–Crippen MR) is 167 cm³/mol. The van der Waals surface area contributed by atoms with Crippen LogP contribution >= 0.6 is 0 Å². The molecule has 4 unspecified atom stereocenters. The average Bonchev–Trinajstić information content (AvgIpc) is 3.28. The highest BCUT2D eigenvalue weighted by Crippen LogP contribution is 2.43. The van der Waals surface area contributed by atoms with Crippen molar-refractivity contribution in [2.75, 3.05) is 13.2 Å². The number of rotatable bonds is 9. The zero-order valence-electron chi connectivity index (χ0n) is 25.5. The van der Waals surface area contributed by atoms with Gasteiger partial charge < -0.3 is 19.0 Å². The molecule has 3 amide bonds. The quantitative estimate of drug-likeness (QED) is 0.251. The molecule has 2 aliphatic heterocycles. The number of nitrogens with zero attached hydrogens (tertiary/aromatic N) is 1. The number of carbonyl (C=O) groups excluding carboxylic acids is 2. The maximum absolute atomic E-state index is 12.9. The summed E-state index contributed by atoms with van der Waals surface area (Å²) in [6.45, 7) is 10.8. The van der Waals surface area contributed by atoms with Gasteiger partial charge in [0.25, 0.3) is 0 Å². The monoisotopic (exact) mass is 602 g/mol. The second-order valence-corrected chi connectivity index (χ2v) is 17.5. The Morgan fingerprint density at radius 1 is 0.884 bits per heavy atom.